The molecule has 2 N–H and O–H groups in total. The molecule has 0 radical (unpaired) electrons. The number of hydrogen-bond donors (Lipinski definition) is 2. The molecule has 1 fully saturated rings. The fourth-order valence-corrected chi connectivity index (χ4v) is 2.38. The van der Waals surface area contributed by atoms with Crippen LogP contribution in [0.25, 0.3) is 0 Å². The zero-order valence-corrected chi connectivity index (χ0v) is 11.4. The summed E-state index contributed by atoms with van der Waals surface area (Å²) in [6.45, 7) is 3.59. The maximum Gasteiger partial charge on any atom is 0.411 e. The molecular formula is C14H17F3N2O. The van der Waals surface area contributed by atoms with E-state index in [1.54, 1.807) is 26.0 Å². The van der Waals surface area contributed by atoms with E-state index in [-0.39, 0.29) is 12.8 Å². The Morgan fingerprint density at radius 2 is 1.75 bits per heavy atom. The summed E-state index contributed by atoms with van der Waals surface area (Å²) in [5.74, 6) is 0. The molecular weight excluding hydrogens is 269 g/mol. The zero-order valence-electron chi connectivity index (χ0n) is 11.4. The van der Waals surface area contributed by atoms with Gasteiger partial charge in [0.1, 0.15) is 5.54 Å². The summed E-state index contributed by atoms with van der Waals surface area (Å²) < 4.78 is 38.9. The predicted molar refractivity (Wildman–Crippen MR) is 70.7 cm³/mol. The molecule has 0 aliphatic heterocycles. The second kappa shape index (κ2) is 5.00. The summed E-state index contributed by atoms with van der Waals surface area (Å²) in [4.78, 5) is 11.8. The van der Waals surface area contributed by atoms with Crippen molar-refractivity contribution >= 4 is 11.7 Å². The van der Waals surface area contributed by atoms with Crippen LogP contribution in [0.1, 0.15) is 30.4 Å². The number of anilines is 1. The third-order valence-electron chi connectivity index (χ3n) is 3.82. The van der Waals surface area contributed by atoms with Gasteiger partial charge in [0.25, 0.3) is 0 Å². The molecule has 0 aromatic heterocycles. The van der Waals surface area contributed by atoms with Crippen LogP contribution in [0.3, 0.4) is 0 Å². The number of aryl methyl sites for hydroxylation is 2. The monoisotopic (exact) mass is 286 g/mol. The highest BCUT2D eigenvalue weighted by molar-refractivity contribution is 5.91. The summed E-state index contributed by atoms with van der Waals surface area (Å²) in [5, 5.41) is 4.62. The minimum atomic E-state index is -4.41. The molecule has 20 heavy (non-hydrogen) atoms. The maximum absolute atomic E-state index is 13.0. The van der Waals surface area contributed by atoms with Gasteiger partial charge in [-0.2, -0.15) is 13.2 Å². The van der Waals surface area contributed by atoms with Crippen LogP contribution in [-0.4, -0.2) is 17.7 Å². The smallest absolute Gasteiger partial charge is 0.323 e. The van der Waals surface area contributed by atoms with Crippen LogP contribution in [0.2, 0.25) is 0 Å². The fourth-order valence-electron chi connectivity index (χ4n) is 2.38. The second-order valence-corrected chi connectivity index (χ2v) is 5.28. The van der Waals surface area contributed by atoms with Gasteiger partial charge in [0, 0.05) is 5.69 Å². The Hall–Kier alpha value is -1.72. The molecule has 1 aliphatic rings. The number of carbonyl (C=O) groups is 1. The first-order valence-electron chi connectivity index (χ1n) is 6.47. The average Bonchev–Trinajstić information content (AvgIpc) is 2.27. The lowest BCUT2D eigenvalue weighted by Gasteiger charge is -2.43. The largest absolute Gasteiger partial charge is 0.411 e. The number of urea groups is 1. The molecule has 2 amide bonds. The van der Waals surface area contributed by atoms with Crippen molar-refractivity contribution in [1.82, 2.24) is 5.32 Å². The van der Waals surface area contributed by atoms with Crippen LogP contribution in [-0.2, 0) is 0 Å². The van der Waals surface area contributed by atoms with E-state index in [2.05, 4.69) is 10.6 Å². The van der Waals surface area contributed by atoms with E-state index in [1.165, 1.54) is 0 Å². The zero-order chi connectivity index (χ0) is 15.0. The lowest BCUT2D eigenvalue weighted by atomic mass is 9.76. The van der Waals surface area contributed by atoms with E-state index in [0.717, 1.165) is 11.1 Å². The Kier molecular flexibility index (Phi) is 3.67. The molecule has 0 saturated heterocycles. The topological polar surface area (TPSA) is 41.1 Å². The quantitative estimate of drug-likeness (QED) is 0.850. The summed E-state index contributed by atoms with van der Waals surface area (Å²) in [7, 11) is 0. The number of hydrogen-bond acceptors (Lipinski definition) is 1. The van der Waals surface area contributed by atoms with Gasteiger partial charge in [-0.15, -0.1) is 0 Å². The van der Waals surface area contributed by atoms with Gasteiger partial charge in [-0.05, 0) is 44.2 Å². The van der Waals surface area contributed by atoms with Crippen LogP contribution in [0.15, 0.2) is 18.2 Å². The third kappa shape index (κ3) is 2.59. The lowest BCUT2D eigenvalue weighted by molar-refractivity contribution is -0.214. The number of benzene rings is 1. The van der Waals surface area contributed by atoms with Crippen LogP contribution in [0.5, 0.6) is 0 Å². The Balaban J connectivity index is 2.10. The van der Waals surface area contributed by atoms with Gasteiger partial charge in [-0.3, -0.25) is 0 Å². The number of para-hydroxylation sites is 1. The maximum atomic E-state index is 13.0. The van der Waals surface area contributed by atoms with Gasteiger partial charge in [0.05, 0.1) is 0 Å². The van der Waals surface area contributed by atoms with Crippen molar-refractivity contribution in [3.05, 3.63) is 29.3 Å². The fraction of sp³-hybridized carbons (Fsp3) is 0.500. The molecule has 0 bridgehead atoms. The molecule has 1 saturated carbocycles. The number of halogens is 3. The van der Waals surface area contributed by atoms with Crippen LogP contribution < -0.4 is 10.6 Å². The van der Waals surface area contributed by atoms with Crippen molar-refractivity contribution in [3.8, 4) is 0 Å². The third-order valence-corrected chi connectivity index (χ3v) is 3.82. The highest BCUT2D eigenvalue weighted by Gasteiger charge is 2.59. The molecule has 3 nitrogen and oxygen atoms in total. The van der Waals surface area contributed by atoms with Crippen molar-refractivity contribution < 1.29 is 18.0 Å². The predicted octanol–water partition coefficient (Wildman–Crippen LogP) is 3.91. The molecule has 1 aliphatic carbocycles. The SMILES string of the molecule is Cc1cccc(C)c1NC(=O)NC1(C(F)(F)F)CCC1. The Morgan fingerprint density at radius 1 is 1.20 bits per heavy atom. The van der Waals surface area contributed by atoms with Crippen LogP contribution in [0.4, 0.5) is 23.7 Å². The highest BCUT2D eigenvalue weighted by atomic mass is 19.4. The summed E-state index contributed by atoms with van der Waals surface area (Å²) in [6, 6.07) is 4.62. The lowest BCUT2D eigenvalue weighted by Crippen LogP contribution is -2.63. The number of amides is 2. The van der Waals surface area contributed by atoms with E-state index in [4.69, 9.17) is 0 Å². The molecule has 2 rings (SSSR count). The molecule has 0 atom stereocenters. The summed E-state index contributed by atoms with van der Waals surface area (Å²) >= 11 is 0. The van der Waals surface area contributed by atoms with Crippen molar-refractivity contribution in [1.29, 1.82) is 0 Å². The average molecular weight is 286 g/mol. The molecule has 6 heteroatoms. The standard InChI is InChI=1S/C14H17F3N2O/c1-9-5-3-6-10(2)11(9)18-12(20)19-13(7-4-8-13)14(15,16)17/h3,5-6H,4,7-8H2,1-2H3,(H2,18,19,20). The number of carbonyl (C=O) groups excluding carboxylic acids is 1. The first-order chi connectivity index (χ1) is 9.25. The van der Waals surface area contributed by atoms with Crippen molar-refractivity contribution in [3.63, 3.8) is 0 Å². The Morgan fingerprint density at radius 3 is 2.15 bits per heavy atom. The Bertz CT molecular complexity index is 501. The van der Waals surface area contributed by atoms with Gasteiger partial charge in [0.2, 0.25) is 0 Å². The molecule has 1 aromatic carbocycles. The minimum Gasteiger partial charge on any atom is -0.323 e. The van der Waals surface area contributed by atoms with Gasteiger partial charge in [-0.25, -0.2) is 4.79 Å². The minimum absolute atomic E-state index is 0.0589. The van der Waals surface area contributed by atoms with Gasteiger partial charge in [-0.1, -0.05) is 18.2 Å². The van der Waals surface area contributed by atoms with Gasteiger partial charge in [0.15, 0.2) is 0 Å². The number of nitrogens with one attached hydrogen (secondary N) is 2. The molecule has 110 valence electrons. The number of alkyl halides is 3. The van der Waals surface area contributed by atoms with E-state index in [0.29, 0.717) is 12.1 Å². The molecule has 0 spiro atoms. The summed E-state index contributed by atoms with van der Waals surface area (Å²) in [6.07, 6.45) is -4.06. The highest BCUT2D eigenvalue weighted by Crippen LogP contribution is 2.45. The van der Waals surface area contributed by atoms with E-state index in [1.807, 2.05) is 6.07 Å². The summed E-state index contributed by atoms with van der Waals surface area (Å²) in [5.41, 5.74) is 0.125. The molecule has 1 aromatic rings. The van der Waals surface area contributed by atoms with Crippen molar-refractivity contribution in [2.75, 3.05) is 5.32 Å². The van der Waals surface area contributed by atoms with E-state index >= 15 is 0 Å². The van der Waals surface area contributed by atoms with Crippen molar-refractivity contribution in [2.45, 2.75) is 44.8 Å². The van der Waals surface area contributed by atoms with E-state index in [9.17, 15) is 18.0 Å². The van der Waals surface area contributed by atoms with Crippen molar-refractivity contribution in [2.24, 2.45) is 0 Å². The second-order valence-electron chi connectivity index (χ2n) is 5.28. The molecule has 0 heterocycles. The van der Waals surface area contributed by atoms with E-state index < -0.39 is 17.7 Å². The molecule has 0 unspecified atom stereocenters. The van der Waals surface area contributed by atoms with Crippen LogP contribution >= 0.6 is 0 Å². The first-order valence-corrected chi connectivity index (χ1v) is 6.47. The number of rotatable bonds is 2. The van der Waals surface area contributed by atoms with Crippen LogP contribution in [0, 0.1) is 13.8 Å². The Labute approximate surface area is 115 Å². The normalized spacial score (nSPS) is 17.2. The van der Waals surface area contributed by atoms with Gasteiger partial charge >= 0.3 is 12.2 Å². The first kappa shape index (κ1) is 14.7. The van der Waals surface area contributed by atoms with Gasteiger partial charge < -0.3 is 10.6 Å².